The Morgan fingerprint density at radius 2 is 2.29 bits per heavy atom. The molecule has 2 rings (SSSR count). The largest absolute Gasteiger partial charge is 0.382 e. The van der Waals surface area contributed by atoms with Gasteiger partial charge in [-0.2, -0.15) is 0 Å². The van der Waals surface area contributed by atoms with Crippen LogP contribution in [0.1, 0.15) is 31.0 Å². The fourth-order valence-corrected chi connectivity index (χ4v) is 2.01. The fraction of sp³-hybridized carbons (Fsp3) is 0.500. The maximum atomic E-state index is 3.46. The SMILES string of the molecule is CNC(C)c1ccc2c(c1)CC(C)N2. The second-order valence-corrected chi connectivity index (χ2v) is 4.18. The quantitative estimate of drug-likeness (QED) is 0.748. The van der Waals surface area contributed by atoms with Crippen molar-refractivity contribution in [3.8, 4) is 0 Å². The van der Waals surface area contributed by atoms with Crippen LogP contribution in [0.3, 0.4) is 0 Å². The Bertz CT molecular complexity index is 333. The molecule has 0 saturated heterocycles. The maximum Gasteiger partial charge on any atom is 0.0375 e. The van der Waals surface area contributed by atoms with Gasteiger partial charge < -0.3 is 10.6 Å². The Kier molecular flexibility index (Phi) is 2.46. The van der Waals surface area contributed by atoms with Crippen LogP contribution < -0.4 is 10.6 Å². The van der Waals surface area contributed by atoms with E-state index >= 15 is 0 Å². The summed E-state index contributed by atoms with van der Waals surface area (Å²) < 4.78 is 0. The highest BCUT2D eigenvalue weighted by Gasteiger charge is 2.17. The molecule has 14 heavy (non-hydrogen) atoms. The van der Waals surface area contributed by atoms with Crippen LogP contribution in [0.15, 0.2) is 18.2 Å². The van der Waals surface area contributed by atoms with Crippen LogP contribution >= 0.6 is 0 Å². The maximum absolute atomic E-state index is 3.46. The van der Waals surface area contributed by atoms with Crippen molar-refractivity contribution in [2.24, 2.45) is 0 Å². The standard InChI is InChI=1S/C12H18N2/c1-8-6-11-7-10(9(2)13-3)4-5-12(11)14-8/h4-5,7-9,13-14H,6H2,1-3H3. The normalized spacial score (nSPS) is 21.5. The van der Waals surface area contributed by atoms with Gasteiger partial charge in [-0.1, -0.05) is 12.1 Å². The van der Waals surface area contributed by atoms with Crippen LogP contribution in [-0.4, -0.2) is 13.1 Å². The average molecular weight is 190 g/mol. The molecule has 2 atom stereocenters. The van der Waals surface area contributed by atoms with Gasteiger partial charge in [0.05, 0.1) is 0 Å². The highest BCUT2D eigenvalue weighted by Crippen LogP contribution is 2.28. The molecule has 1 heterocycles. The number of hydrogen-bond acceptors (Lipinski definition) is 2. The van der Waals surface area contributed by atoms with Crippen LogP contribution in [0.4, 0.5) is 5.69 Å². The molecule has 0 bridgehead atoms. The Morgan fingerprint density at radius 1 is 1.50 bits per heavy atom. The molecule has 2 N–H and O–H groups in total. The Balaban J connectivity index is 2.28. The van der Waals surface area contributed by atoms with Gasteiger partial charge in [-0.15, -0.1) is 0 Å². The summed E-state index contributed by atoms with van der Waals surface area (Å²) in [7, 11) is 2.00. The molecule has 0 saturated carbocycles. The minimum atomic E-state index is 0.441. The van der Waals surface area contributed by atoms with Gasteiger partial charge in [0.1, 0.15) is 0 Å². The van der Waals surface area contributed by atoms with E-state index in [1.54, 1.807) is 0 Å². The van der Waals surface area contributed by atoms with Crippen LogP contribution in [0.2, 0.25) is 0 Å². The summed E-state index contributed by atoms with van der Waals surface area (Å²) in [6, 6.07) is 7.74. The first-order valence-corrected chi connectivity index (χ1v) is 5.27. The van der Waals surface area contributed by atoms with Crippen molar-refractivity contribution in [1.29, 1.82) is 0 Å². The lowest BCUT2D eigenvalue weighted by Gasteiger charge is -2.11. The summed E-state index contributed by atoms with van der Waals surface area (Å²) in [5.74, 6) is 0. The molecule has 0 amide bonds. The summed E-state index contributed by atoms with van der Waals surface area (Å²) in [5.41, 5.74) is 4.14. The van der Waals surface area contributed by atoms with Gasteiger partial charge in [0, 0.05) is 17.8 Å². The van der Waals surface area contributed by atoms with Crippen LogP contribution in [-0.2, 0) is 6.42 Å². The monoisotopic (exact) mass is 190 g/mol. The predicted octanol–water partition coefficient (Wildman–Crippen LogP) is 2.32. The minimum absolute atomic E-state index is 0.441. The molecule has 0 radical (unpaired) electrons. The van der Waals surface area contributed by atoms with E-state index in [0.717, 1.165) is 6.42 Å². The molecule has 2 nitrogen and oxygen atoms in total. The lowest BCUT2D eigenvalue weighted by molar-refractivity contribution is 0.651. The highest BCUT2D eigenvalue weighted by molar-refractivity contribution is 5.58. The zero-order chi connectivity index (χ0) is 10.1. The van der Waals surface area contributed by atoms with E-state index in [0.29, 0.717) is 12.1 Å². The molecule has 76 valence electrons. The fourth-order valence-electron chi connectivity index (χ4n) is 2.01. The number of hydrogen-bond donors (Lipinski definition) is 2. The first-order chi connectivity index (χ1) is 6.70. The number of anilines is 1. The summed E-state index contributed by atoms with van der Waals surface area (Å²) >= 11 is 0. The molecule has 0 aliphatic carbocycles. The summed E-state index contributed by atoms with van der Waals surface area (Å²) in [4.78, 5) is 0. The predicted molar refractivity (Wildman–Crippen MR) is 60.7 cm³/mol. The third-order valence-corrected chi connectivity index (χ3v) is 2.99. The third kappa shape index (κ3) is 1.62. The van der Waals surface area contributed by atoms with Gasteiger partial charge >= 0.3 is 0 Å². The van der Waals surface area contributed by atoms with Crippen LogP contribution in [0.5, 0.6) is 0 Å². The smallest absolute Gasteiger partial charge is 0.0375 e. The second kappa shape index (κ2) is 3.62. The Labute approximate surface area is 85.7 Å². The second-order valence-electron chi connectivity index (χ2n) is 4.18. The van der Waals surface area contributed by atoms with Gasteiger partial charge in [-0.25, -0.2) is 0 Å². The molecule has 1 aromatic rings. The molecule has 0 spiro atoms. The van der Waals surface area contributed by atoms with E-state index in [1.807, 2.05) is 7.05 Å². The van der Waals surface area contributed by atoms with E-state index < -0.39 is 0 Å². The van der Waals surface area contributed by atoms with Crippen LogP contribution in [0, 0.1) is 0 Å². The topological polar surface area (TPSA) is 24.1 Å². The van der Waals surface area contributed by atoms with Crippen molar-refractivity contribution in [3.05, 3.63) is 29.3 Å². The van der Waals surface area contributed by atoms with Crippen molar-refractivity contribution in [2.75, 3.05) is 12.4 Å². The summed E-state index contributed by atoms with van der Waals surface area (Å²) in [5, 5.41) is 6.72. The first-order valence-electron chi connectivity index (χ1n) is 5.27. The zero-order valence-corrected chi connectivity index (χ0v) is 9.09. The summed E-state index contributed by atoms with van der Waals surface area (Å²) in [6.07, 6.45) is 1.15. The Morgan fingerprint density at radius 3 is 3.00 bits per heavy atom. The van der Waals surface area contributed by atoms with E-state index in [-0.39, 0.29) is 0 Å². The van der Waals surface area contributed by atoms with Crippen molar-refractivity contribution in [2.45, 2.75) is 32.4 Å². The van der Waals surface area contributed by atoms with Crippen molar-refractivity contribution >= 4 is 5.69 Å². The highest BCUT2D eigenvalue weighted by atomic mass is 14.9. The van der Waals surface area contributed by atoms with E-state index in [1.165, 1.54) is 16.8 Å². The van der Waals surface area contributed by atoms with Crippen molar-refractivity contribution < 1.29 is 0 Å². The zero-order valence-electron chi connectivity index (χ0n) is 9.09. The first kappa shape index (κ1) is 9.53. The molecule has 0 aromatic heterocycles. The average Bonchev–Trinajstić information content (AvgIpc) is 2.55. The number of rotatable bonds is 2. The van der Waals surface area contributed by atoms with E-state index in [2.05, 4.69) is 42.7 Å². The Hall–Kier alpha value is -1.02. The molecule has 1 aliphatic rings. The van der Waals surface area contributed by atoms with E-state index in [9.17, 15) is 0 Å². The van der Waals surface area contributed by atoms with Crippen LogP contribution in [0.25, 0.3) is 0 Å². The summed E-state index contributed by atoms with van der Waals surface area (Å²) in [6.45, 7) is 4.41. The lowest BCUT2D eigenvalue weighted by atomic mass is 10.0. The number of nitrogens with one attached hydrogen (secondary N) is 2. The van der Waals surface area contributed by atoms with Gasteiger partial charge in [0.2, 0.25) is 0 Å². The van der Waals surface area contributed by atoms with E-state index in [4.69, 9.17) is 0 Å². The lowest BCUT2D eigenvalue weighted by Crippen LogP contribution is -2.12. The molecule has 1 aromatic carbocycles. The number of benzene rings is 1. The van der Waals surface area contributed by atoms with Gasteiger partial charge in [-0.05, 0) is 44.5 Å². The molecular weight excluding hydrogens is 172 g/mol. The molecule has 1 aliphatic heterocycles. The molecular formula is C12H18N2. The van der Waals surface area contributed by atoms with Gasteiger partial charge in [-0.3, -0.25) is 0 Å². The third-order valence-electron chi connectivity index (χ3n) is 2.99. The minimum Gasteiger partial charge on any atom is -0.382 e. The molecule has 0 fully saturated rings. The molecule has 2 unspecified atom stereocenters. The van der Waals surface area contributed by atoms with Gasteiger partial charge in [0.25, 0.3) is 0 Å². The van der Waals surface area contributed by atoms with Crippen molar-refractivity contribution in [1.82, 2.24) is 5.32 Å². The number of fused-ring (bicyclic) bond motifs is 1. The van der Waals surface area contributed by atoms with Crippen molar-refractivity contribution in [3.63, 3.8) is 0 Å². The molecule has 2 heteroatoms. The van der Waals surface area contributed by atoms with Gasteiger partial charge in [0.15, 0.2) is 0 Å².